The van der Waals surface area contributed by atoms with Gasteiger partial charge in [-0.1, -0.05) is 36.4 Å². The van der Waals surface area contributed by atoms with E-state index >= 15 is 0 Å². The van der Waals surface area contributed by atoms with E-state index in [9.17, 15) is 23.1 Å². The van der Waals surface area contributed by atoms with Crippen LogP contribution in [0.15, 0.2) is 71.6 Å². The van der Waals surface area contributed by atoms with E-state index in [0.29, 0.717) is 17.9 Å². The van der Waals surface area contributed by atoms with E-state index in [1.165, 1.54) is 19.2 Å². The Kier molecular flexibility index (Phi) is 6.20. The molecule has 4 rings (SSSR count). The summed E-state index contributed by atoms with van der Waals surface area (Å²) in [6.45, 7) is 0. The summed E-state index contributed by atoms with van der Waals surface area (Å²) in [6, 6.07) is 18.4. The zero-order valence-corrected chi connectivity index (χ0v) is 18.8. The Morgan fingerprint density at radius 2 is 1.70 bits per heavy atom. The maximum Gasteiger partial charge on any atom is 0.236 e. The van der Waals surface area contributed by atoms with Gasteiger partial charge in [0.05, 0.1) is 17.8 Å². The van der Waals surface area contributed by atoms with Gasteiger partial charge in [0.25, 0.3) is 0 Å². The Morgan fingerprint density at radius 1 is 1.03 bits per heavy atom. The van der Waals surface area contributed by atoms with Crippen molar-refractivity contribution in [3.05, 3.63) is 83.4 Å². The highest BCUT2D eigenvalue weighted by Crippen LogP contribution is 2.29. The van der Waals surface area contributed by atoms with Gasteiger partial charge < -0.3 is 15.2 Å². The van der Waals surface area contributed by atoms with Crippen molar-refractivity contribution in [2.45, 2.75) is 17.7 Å². The van der Waals surface area contributed by atoms with Gasteiger partial charge in [0.1, 0.15) is 5.92 Å². The molecule has 170 valence electrons. The minimum absolute atomic E-state index is 0.0198. The molecule has 1 unspecified atom stereocenters. The van der Waals surface area contributed by atoms with Crippen LogP contribution in [0.25, 0.3) is 0 Å². The molecule has 33 heavy (non-hydrogen) atoms. The van der Waals surface area contributed by atoms with Crippen molar-refractivity contribution in [2.75, 3.05) is 18.2 Å². The minimum atomic E-state index is -3.72. The van der Waals surface area contributed by atoms with Crippen molar-refractivity contribution in [1.82, 2.24) is 0 Å². The highest BCUT2D eigenvalue weighted by Gasteiger charge is 2.40. The van der Waals surface area contributed by atoms with Gasteiger partial charge in [-0.3, -0.25) is 9.59 Å². The van der Waals surface area contributed by atoms with Crippen LogP contribution in [0.4, 0.5) is 5.69 Å². The number of amides is 1. The number of nitrogens with one attached hydrogen (secondary N) is 1. The number of carbonyl (C=O) groups excluding carboxylic acids is 2. The summed E-state index contributed by atoms with van der Waals surface area (Å²) in [4.78, 5) is 25.4. The van der Waals surface area contributed by atoms with E-state index in [-0.39, 0.29) is 16.2 Å². The lowest BCUT2D eigenvalue weighted by Crippen LogP contribution is -2.39. The third-order valence-electron chi connectivity index (χ3n) is 5.67. The molecule has 0 aliphatic carbocycles. The van der Waals surface area contributed by atoms with Crippen LogP contribution in [0.3, 0.4) is 0 Å². The Hall–Kier alpha value is -3.65. The van der Waals surface area contributed by atoms with Crippen molar-refractivity contribution in [1.29, 1.82) is 0 Å². The topological polar surface area (TPSA) is 110 Å². The Bertz CT molecular complexity index is 1310. The number of anilines is 1. The summed E-state index contributed by atoms with van der Waals surface area (Å²) in [7, 11) is -2.22. The second kappa shape index (κ2) is 9.07. The van der Waals surface area contributed by atoms with E-state index in [2.05, 4.69) is 5.32 Å². The van der Waals surface area contributed by atoms with Crippen LogP contribution >= 0.6 is 0 Å². The molecule has 0 radical (unpaired) electrons. The number of aromatic hydroxyl groups is 1. The second-order valence-corrected chi connectivity index (χ2v) is 9.89. The summed E-state index contributed by atoms with van der Waals surface area (Å²) >= 11 is 0. The first-order chi connectivity index (χ1) is 15.8. The molecule has 3 aromatic carbocycles. The SMILES string of the molecule is COc1ccc(CCc2ccc(NC(=O)C3CS(=O)(=O)c4ccccc4C3=O)cc2)cc1O. The van der Waals surface area contributed by atoms with Crippen molar-refractivity contribution in [3.8, 4) is 11.5 Å². The van der Waals surface area contributed by atoms with Gasteiger partial charge in [-0.15, -0.1) is 0 Å². The molecule has 8 heteroatoms. The number of hydrogen-bond donors (Lipinski definition) is 2. The Morgan fingerprint density at radius 3 is 2.39 bits per heavy atom. The fourth-order valence-electron chi connectivity index (χ4n) is 3.87. The lowest BCUT2D eigenvalue weighted by Gasteiger charge is -2.22. The Labute approximate surface area is 192 Å². The summed E-state index contributed by atoms with van der Waals surface area (Å²) in [5.74, 6) is -2.44. The van der Waals surface area contributed by atoms with Crippen molar-refractivity contribution >= 4 is 27.2 Å². The molecule has 0 spiro atoms. The van der Waals surface area contributed by atoms with Crippen LogP contribution in [0.5, 0.6) is 11.5 Å². The van der Waals surface area contributed by atoms with E-state index in [1.54, 1.807) is 36.4 Å². The van der Waals surface area contributed by atoms with Crippen molar-refractivity contribution < 1.29 is 27.9 Å². The van der Waals surface area contributed by atoms with Crippen LogP contribution in [-0.4, -0.2) is 38.1 Å². The van der Waals surface area contributed by atoms with E-state index in [4.69, 9.17) is 4.74 Å². The quantitative estimate of drug-likeness (QED) is 0.540. The van der Waals surface area contributed by atoms with Gasteiger partial charge in [0.2, 0.25) is 5.91 Å². The van der Waals surface area contributed by atoms with Gasteiger partial charge in [-0.05, 0) is 54.3 Å². The number of ketones is 1. The number of hydrogen-bond acceptors (Lipinski definition) is 6. The number of phenols is 1. The second-order valence-electron chi connectivity index (χ2n) is 7.89. The standard InChI is InChI=1S/C25H23NO6S/c1-32-22-13-10-17(14-21(22)27)7-6-16-8-11-18(12-9-16)26-25(29)20-15-33(30,31)23-5-3-2-4-19(23)24(20)28/h2-5,8-14,20,27H,6-7,15H2,1H3,(H,26,29). The molecular formula is C25H23NO6S. The molecule has 1 atom stereocenters. The van der Waals surface area contributed by atoms with Crippen LogP contribution in [0, 0.1) is 5.92 Å². The third-order valence-corrected chi connectivity index (χ3v) is 7.47. The summed E-state index contributed by atoms with van der Waals surface area (Å²) in [5.41, 5.74) is 2.52. The smallest absolute Gasteiger partial charge is 0.236 e. The predicted molar refractivity (Wildman–Crippen MR) is 123 cm³/mol. The van der Waals surface area contributed by atoms with Gasteiger partial charge in [0, 0.05) is 11.3 Å². The molecule has 1 heterocycles. The van der Waals surface area contributed by atoms with Crippen molar-refractivity contribution in [3.63, 3.8) is 0 Å². The number of rotatable bonds is 6. The number of fused-ring (bicyclic) bond motifs is 1. The Balaban J connectivity index is 1.40. The lowest BCUT2D eigenvalue weighted by molar-refractivity contribution is -0.118. The molecular weight excluding hydrogens is 442 g/mol. The maximum absolute atomic E-state index is 12.7. The summed E-state index contributed by atoms with van der Waals surface area (Å²) in [5, 5.41) is 12.6. The molecule has 0 fully saturated rings. The van der Waals surface area contributed by atoms with Crippen LogP contribution in [-0.2, 0) is 27.5 Å². The highest BCUT2D eigenvalue weighted by molar-refractivity contribution is 7.91. The average Bonchev–Trinajstić information content (AvgIpc) is 2.81. The molecule has 7 nitrogen and oxygen atoms in total. The summed E-state index contributed by atoms with van der Waals surface area (Å²) in [6.07, 6.45) is 1.42. The molecule has 3 aromatic rings. The number of sulfone groups is 1. The molecule has 0 aromatic heterocycles. The zero-order chi connectivity index (χ0) is 23.6. The molecule has 0 bridgehead atoms. The molecule has 1 aliphatic heterocycles. The number of ether oxygens (including phenoxy) is 1. The number of methoxy groups -OCH3 is 1. The van der Waals surface area contributed by atoms with Crippen LogP contribution < -0.4 is 10.1 Å². The van der Waals surface area contributed by atoms with Gasteiger partial charge in [-0.25, -0.2) is 8.42 Å². The first-order valence-corrected chi connectivity index (χ1v) is 12.1. The first-order valence-electron chi connectivity index (χ1n) is 10.4. The fraction of sp³-hybridized carbons (Fsp3) is 0.200. The van der Waals surface area contributed by atoms with Gasteiger partial charge >= 0.3 is 0 Å². The van der Waals surface area contributed by atoms with Crippen molar-refractivity contribution in [2.24, 2.45) is 5.92 Å². The van der Waals surface area contributed by atoms with Crippen LogP contribution in [0.1, 0.15) is 21.5 Å². The van der Waals surface area contributed by atoms with Gasteiger partial charge in [-0.2, -0.15) is 0 Å². The highest BCUT2D eigenvalue weighted by atomic mass is 32.2. The molecule has 0 saturated carbocycles. The fourth-order valence-corrected chi connectivity index (χ4v) is 5.58. The number of benzene rings is 3. The maximum atomic E-state index is 12.7. The molecule has 1 aliphatic rings. The van der Waals surface area contributed by atoms with Gasteiger partial charge in [0.15, 0.2) is 27.1 Å². The number of Topliss-reactive ketones (excluding diaryl/α,β-unsaturated/α-hetero) is 1. The van der Waals surface area contributed by atoms with E-state index in [1.807, 2.05) is 18.2 Å². The number of phenolic OH excluding ortho intramolecular Hbond substituents is 1. The first kappa shape index (κ1) is 22.5. The largest absolute Gasteiger partial charge is 0.504 e. The van der Waals surface area contributed by atoms with E-state index < -0.39 is 33.2 Å². The zero-order valence-electron chi connectivity index (χ0n) is 17.9. The number of aryl methyl sites for hydroxylation is 2. The predicted octanol–water partition coefficient (Wildman–Crippen LogP) is 3.41. The molecule has 2 N–H and O–H groups in total. The molecule has 0 saturated heterocycles. The summed E-state index contributed by atoms with van der Waals surface area (Å²) < 4.78 is 30.1. The number of carbonyl (C=O) groups is 2. The minimum Gasteiger partial charge on any atom is -0.504 e. The van der Waals surface area contributed by atoms with E-state index in [0.717, 1.165) is 17.5 Å². The molecule has 1 amide bonds. The average molecular weight is 466 g/mol. The van der Waals surface area contributed by atoms with Crippen LogP contribution in [0.2, 0.25) is 0 Å². The normalized spacial score (nSPS) is 16.6. The third kappa shape index (κ3) is 4.75. The monoisotopic (exact) mass is 465 g/mol. The lowest BCUT2D eigenvalue weighted by atomic mass is 9.97.